The molecule has 60 valence electrons. The van der Waals surface area contributed by atoms with Crippen molar-refractivity contribution in [2.75, 3.05) is 0 Å². The second kappa shape index (κ2) is 3.38. The van der Waals surface area contributed by atoms with Crippen LogP contribution in [0.1, 0.15) is 21.5 Å². The Kier molecular flexibility index (Phi) is 2.47. The number of hydrogen-bond donors (Lipinski definition) is 0. The first kappa shape index (κ1) is 8.76. The average Bonchev–Trinajstić information content (AvgIpc) is 2.08. The maximum absolute atomic E-state index is 10.4. The molecule has 0 aliphatic heterocycles. The Balaban J connectivity index is 3.38. The van der Waals surface area contributed by atoms with Gasteiger partial charge in [-0.2, -0.15) is 5.26 Å². The van der Waals surface area contributed by atoms with E-state index in [2.05, 4.69) is 0 Å². The van der Waals surface area contributed by atoms with E-state index in [9.17, 15) is 4.79 Å². The Hall–Kier alpha value is -1.33. The highest BCUT2D eigenvalue weighted by Crippen LogP contribution is 2.19. The molecule has 3 heteroatoms. The topological polar surface area (TPSA) is 40.9 Å². The van der Waals surface area contributed by atoms with Crippen molar-refractivity contribution in [3.8, 4) is 6.07 Å². The van der Waals surface area contributed by atoms with Crippen molar-refractivity contribution >= 4 is 17.9 Å². The summed E-state index contributed by atoms with van der Waals surface area (Å²) in [7, 11) is 0. The summed E-state index contributed by atoms with van der Waals surface area (Å²) < 4.78 is 0. The predicted molar refractivity (Wildman–Crippen MR) is 46.3 cm³/mol. The molecule has 0 unspecified atom stereocenters. The molecule has 0 saturated heterocycles. The number of nitriles is 1. The standard InChI is InChI=1S/C9H6ClNO/c1-6-2-8(5-12)9(10)3-7(6)4-11/h2-3,5H,1H3. The molecule has 0 atom stereocenters. The van der Waals surface area contributed by atoms with E-state index in [1.807, 2.05) is 6.07 Å². The molecular weight excluding hydrogens is 174 g/mol. The fourth-order valence-corrected chi connectivity index (χ4v) is 1.12. The summed E-state index contributed by atoms with van der Waals surface area (Å²) in [6.45, 7) is 1.77. The van der Waals surface area contributed by atoms with E-state index in [1.54, 1.807) is 13.0 Å². The summed E-state index contributed by atoms with van der Waals surface area (Å²) >= 11 is 5.70. The number of rotatable bonds is 1. The van der Waals surface area contributed by atoms with Crippen LogP contribution in [0.25, 0.3) is 0 Å². The van der Waals surface area contributed by atoms with E-state index >= 15 is 0 Å². The van der Waals surface area contributed by atoms with Gasteiger partial charge in [0.25, 0.3) is 0 Å². The molecule has 0 aliphatic rings. The summed E-state index contributed by atoms with van der Waals surface area (Å²) in [5.74, 6) is 0. The van der Waals surface area contributed by atoms with Crippen molar-refractivity contribution in [1.29, 1.82) is 5.26 Å². The zero-order valence-corrected chi connectivity index (χ0v) is 7.22. The number of aryl methyl sites for hydroxylation is 1. The molecule has 0 bridgehead atoms. The molecule has 1 aromatic rings. The van der Waals surface area contributed by atoms with Crippen LogP contribution < -0.4 is 0 Å². The molecule has 0 radical (unpaired) electrons. The van der Waals surface area contributed by atoms with Crippen LogP contribution in [0.4, 0.5) is 0 Å². The molecule has 0 N–H and O–H groups in total. The number of hydrogen-bond acceptors (Lipinski definition) is 2. The Bertz CT molecular complexity index is 366. The molecule has 0 aliphatic carbocycles. The number of aldehydes is 1. The van der Waals surface area contributed by atoms with Gasteiger partial charge in [-0.25, -0.2) is 0 Å². The van der Waals surface area contributed by atoms with Gasteiger partial charge in [-0.1, -0.05) is 11.6 Å². The molecule has 2 nitrogen and oxygen atoms in total. The highest BCUT2D eigenvalue weighted by atomic mass is 35.5. The summed E-state index contributed by atoms with van der Waals surface area (Å²) in [6, 6.07) is 5.09. The van der Waals surface area contributed by atoms with Crippen molar-refractivity contribution in [1.82, 2.24) is 0 Å². The first-order valence-electron chi connectivity index (χ1n) is 3.34. The lowest BCUT2D eigenvalue weighted by Crippen LogP contribution is -1.88. The molecule has 0 saturated carbocycles. The lowest BCUT2D eigenvalue weighted by molar-refractivity contribution is 0.112. The van der Waals surface area contributed by atoms with Gasteiger partial charge in [-0.05, 0) is 24.6 Å². The SMILES string of the molecule is Cc1cc(C=O)c(Cl)cc1C#N. The van der Waals surface area contributed by atoms with Crippen LogP contribution in [0.5, 0.6) is 0 Å². The monoisotopic (exact) mass is 179 g/mol. The van der Waals surface area contributed by atoms with Crippen LogP contribution in [0.3, 0.4) is 0 Å². The van der Waals surface area contributed by atoms with Crippen LogP contribution in [-0.4, -0.2) is 6.29 Å². The van der Waals surface area contributed by atoms with Gasteiger partial charge >= 0.3 is 0 Å². The summed E-state index contributed by atoms with van der Waals surface area (Å²) in [6.07, 6.45) is 0.677. The van der Waals surface area contributed by atoms with Gasteiger partial charge in [0.1, 0.15) is 0 Å². The number of halogens is 1. The molecule has 0 spiro atoms. The zero-order valence-electron chi connectivity index (χ0n) is 6.47. The fraction of sp³-hybridized carbons (Fsp3) is 0.111. The molecule has 0 amide bonds. The highest BCUT2D eigenvalue weighted by molar-refractivity contribution is 6.33. The van der Waals surface area contributed by atoms with E-state index in [0.717, 1.165) is 5.56 Å². The Morgan fingerprint density at radius 1 is 1.58 bits per heavy atom. The minimum absolute atomic E-state index is 0.326. The first-order chi connectivity index (χ1) is 5.69. The van der Waals surface area contributed by atoms with Crippen LogP contribution >= 0.6 is 11.6 Å². The number of nitrogens with zero attached hydrogens (tertiary/aromatic N) is 1. The third-order valence-corrected chi connectivity index (χ3v) is 1.92. The normalized spacial score (nSPS) is 9.08. The molecular formula is C9H6ClNO. The van der Waals surface area contributed by atoms with Crippen LogP contribution in [0, 0.1) is 18.3 Å². The van der Waals surface area contributed by atoms with Crippen molar-refractivity contribution < 1.29 is 4.79 Å². The van der Waals surface area contributed by atoms with Gasteiger partial charge in [-0.3, -0.25) is 4.79 Å². The smallest absolute Gasteiger partial charge is 0.151 e. The van der Waals surface area contributed by atoms with Crippen molar-refractivity contribution in [2.45, 2.75) is 6.92 Å². The maximum atomic E-state index is 10.4. The zero-order chi connectivity index (χ0) is 9.14. The second-order valence-corrected chi connectivity index (χ2v) is 2.83. The van der Waals surface area contributed by atoms with Gasteiger partial charge in [0, 0.05) is 5.56 Å². The van der Waals surface area contributed by atoms with E-state index in [0.29, 0.717) is 22.4 Å². The number of carbonyl (C=O) groups excluding carboxylic acids is 1. The quantitative estimate of drug-likeness (QED) is 0.621. The van der Waals surface area contributed by atoms with Gasteiger partial charge in [0.05, 0.1) is 16.7 Å². The van der Waals surface area contributed by atoms with Gasteiger partial charge in [0.2, 0.25) is 0 Å². The molecule has 1 aromatic carbocycles. The third-order valence-electron chi connectivity index (χ3n) is 1.59. The maximum Gasteiger partial charge on any atom is 0.151 e. The molecule has 0 heterocycles. The Morgan fingerprint density at radius 3 is 2.75 bits per heavy atom. The largest absolute Gasteiger partial charge is 0.298 e. The predicted octanol–water partition coefficient (Wildman–Crippen LogP) is 2.33. The van der Waals surface area contributed by atoms with E-state index in [1.165, 1.54) is 6.07 Å². The third kappa shape index (κ3) is 1.46. The van der Waals surface area contributed by atoms with Crippen molar-refractivity contribution in [3.63, 3.8) is 0 Å². The highest BCUT2D eigenvalue weighted by Gasteiger charge is 2.03. The van der Waals surface area contributed by atoms with E-state index in [4.69, 9.17) is 16.9 Å². The molecule has 0 fully saturated rings. The lowest BCUT2D eigenvalue weighted by Gasteiger charge is -1.99. The average molecular weight is 180 g/mol. The van der Waals surface area contributed by atoms with E-state index < -0.39 is 0 Å². The van der Waals surface area contributed by atoms with Gasteiger partial charge in [-0.15, -0.1) is 0 Å². The van der Waals surface area contributed by atoms with Gasteiger partial charge in [0.15, 0.2) is 6.29 Å². The summed E-state index contributed by atoms with van der Waals surface area (Å²) in [5.41, 5.74) is 1.70. The Labute approximate surface area is 75.4 Å². The van der Waals surface area contributed by atoms with Crippen LogP contribution in [-0.2, 0) is 0 Å². The second-order valence-electron chi connectivity index (χ2n) is 2.42. The summed E-state index contributed by atoms with van der Waals surface area (Å²) in [5, 5.41) is 8.94. The van der Waals surface area contributed by atoms with E-state index in [-0.39, 0.29) is 0 Å². The van der Waals surface area contributed by atoms with Crippen molar-refractivity contribution in [2.24, 2.45) is 0 Å². The summed E-state index contributed by atoms with van der Waals surface area (Å²) in [4.78, 5) is 10.4. The molecule has 12 heavy (non-hydrogen) atoms. The number of benzene rings is 1. The minimum atomic E-state index is 0.326. The lowest BCUT2D eigenvalue weighted by atomic mass is 10.1. The fourth-order valence-electron chi connectivity index (χ4n) is 0.915. The minimum Gasteiger partial charge on any atom is -0.298 e. The molecule has 1 rings (SSSR count). The van der Waals surface area contributed by atoms with Crippen LogP contribution in [0.15, 0.2) is 12.1 Å². The number of carbonyl (C=O) groups is 1. The molecule has 0 aromatic heterocycles. The van der Waals surface area contributed by atoms with Crippen molar-refractivity contribution in [3.05, 3.63) is 33.8 Å². The Morgan fingerprint density at radius 2 is 2.25 bits per heavy atom. The first-order valence-corrected chi connectivity index (χ1v) is 3.72. The van der Waals surface area contributed by atoms with Gasteiger partial charge < -0.3 is 0 Å². The van der Waals surface area contributed by atoms with Crippen LogP contribution in [0.2, 0.25) is 5.02 Å².